The Morgan fingerprint density at radius 2 is 2.15 bits per heavy atom. The highest BCUT2D eigenvalue weighted by Gasteiger charge is 2.54. The van der Waals surface area contributed by atoms with Crippen molar-refractivity contribution in [3.8, 4) is 0 Å². The third-order valence-corrected chi connectivity index (χ3v) is 3.63. The van der Waals surface area contributed by atoms with Crippen molar-refractivity contribution in [2.24, 2.45) is 11.1 Å². The average Bonchev–Trinajstić information content (AvgIpc) is 2.96. The van der Waals surface area contributed by atoms with E-state index < -0.39 is 11.7 Å². The van der Waals surface area contributed by atoms with Crippen LogP contribution in [0.4, 0.5) is 0 Å². The lowest BCUT2D eigenvalue weighted by Gasteiger charge is -2.37. The number of ether oxygens (including phenoxy) is 1. The van der Waals surface area contributed by atoms with Gasteiger partial charge in [0.2, 0.25) is 0 Å². The van der Waals surface area contributed by atoms with Crippen molar-refractivity contribution in [2.45, 2.75) is 44.8 Å². The first-order chi connectivity index (χ1) is 6.04. The summed E-state index contributed by atoms with van der Waals surface area (Å²) < 4.78 is 5.37. The van der Waals surface area contributed by atoms with Crippen LogP contribution in [0.5, 0.6) is 0 Å². The van der Waals surface area contributed by atoms with Gasteiger partial charge < -0.3 is 15.6 Å². The molecule has 0 radical (unpaired) electrons. The monoisotopic (exact) mass is 187 g/mol. The summed E-state index contributed by atoms with van der Waals surface area (Å²) in [6.45, 7) is 4.54. The van der Waals surface area contributed by atoms with Crippen molar-refractivity contribution in [1.82, 2.24) is 0 Å². The van der Waals surface area contributed by atoms with E-state index in [0.717, 1.165) is 19.3 Å². The van der Waals surface area contributed by atoms with E-state index in [2.05, 4.69) is 0 Å². The topological polar surface area (TPSA) is 55.5 Å². The maximum absolute atomic E-state index is 10.2. The summed E-state index contributed by atoms with van der Waals surface area (Å²) in [6.07, 6.45) is 2.44. The van der Waals surface area contributed by atoms with E-state index in [-0.39, 0.29) is 5.41 Å². The number of aliphatic hydroxyl groups excluding tert-OH is 1. The predicted molar refractivity (Wildman–Crippen MR) is 52.4 cm³/mol. The quantitative estimate of drug-likeness (QED) is 0.672. The molecule has 1 aliphatic rings. The molecule has 2 unspecified atom stereocenters. The SMILES string of the molecule is CCC(C)(OC)C(O)C1(CN)CC1. The van der Waals surface area contributed by atoms with Crippen LogP contribution in [0.2, 0.25) is 0 Å². The summed E-state index contributed by atoms with van der Waals surface area (Å²) >= 11 is 0. The van der Waals surface area contributed by atoms with Crippen LogP contribution in [-0.4, -0.2) is 30.5 Å². The van der Waals surface area contributed by atoms with Crippen LogP contribution in [0.3, 0.4) is 0 Å². The highest BCUT2D eigenvalue weighted by atomic mass is 16.5. The van der Waals surface area contributed by atoms with Crippen LogP contribution in [0, 0.1) is 5.41 Å². The Hall–Kier alpha value is -0.120. The van der Waals surface area contributed by atoms with E-state index >= 15 is 0 Å². The normalized spacial score (nSPS) is 26.5. The molecule has 13 heavy (non-hydrogen) atoms. The van der Waals surface area contributed by atoms with Gasteiger partial charge in [-0.25, -0.2) is 0 Å². The van der Waals surface area contributed by atoms with Crippen LogP contribution in [0.25, 0.3) is 0 Å². The van der Waals surface area contributed by atoms with Crippen LogP contribution in [0.1, 0.15) is 33.1 Å². The largest absolute Gasteiger partial charge is 0.389 e. The van der Waals surface area contributed by atoms with Gasteiger partial charge in [-0.3, -0.25) is 0 Å². The van der Waals surface area contributed by atoms with E-state index in [9.17, 15) is 5.11 Å². The Morgan fingerprint density at radius 3 is 2.38 bits per heavy atom. The molecule has 0 spiro atoms. The van der Waals surface area contributed by atoms with E-state index in [1.54, 1.807) is 7.11 Å². The second-order valence-corrected chi connectivity index (χ2v) is 4.34. The fourth-order valence-electron chi connectivity index (χ4n) is 1.85. The zero-order chi connectivity index (χ0) is 10.1. The van der Waals surface area contributed by atoms with Crippen LogP contribution in [0.15, 0.2) is 0 Å². The Labute approximate surface area is 80.3 Å². The molecule has 3 nitrogen and oxygen atoms in total. The van der Waals surface area contributed by atoms with Gasteiger partial charge in [0.15, 0.2) is 0 Å². The van der Waals surface area contributed by atoms with E-state index in [1.165, 1.54) is 0 Å². The number of methoxy groups -OCH3 is 1. The molecule has 0 aromatic carbocycles. The molecule has 0 aromatic heterocycles. The van der Waals surface area contributed by atoms with Gasteiger partial charge in [-0.2, -0.15) is 0 Å². The average molecular weight is 187 g/mol. The van der Waals surface area contributed by atoms with Gasteiger partial charge in [-0.15, -0.1) is 0 Å². The van der Waals surface area contributed by atoms with Gasteiger partial charge >= 0.3 is 0 Å². The minimum atomic E-state index is -0.435. The molecule has 0 aromatic rings. The van der Waals surface area contributed by atoms with Gasteiger partial charge in [-0.1, -0.05) is 6.92 Å². The highest BCUT2D eigenvalue weighted by Crippen LogP contribution is 2.51. The molecule has 0 bridgehead atoms. The van der Waals surface area contributed by atoms with Gasteiger partial charge in [0.1, 0.15) is 0 Å². The zero-order valence-electron chi connectivity index (χ0n) is 8.84. The summed E-state index contributed by atoms with van der Waals surface area (Å²) in [5.74, 6) is 0. The molecular weight excluding hydrogens is 166 g/mol. The van der Waals surface area contributed by atoms with Gasteiger partial charge in [0, 0.05) is 19.1 Å². The van der Waals surface area contributed by atoms with E-state index in [0.29, 0.717) is 6.54 Å². The minimum Gasteiger partial charge on any atom is -0.389 e. The molecule has 1 saturated carbocycles. The molecule has 0 saturated heterocycles. The van der Waals surface area contributed by atoms with Crippen LogP contribution < -0.4 is 5.73 Å². The molecule has 1 rings (SSSR count). The maximum Gasteiger partial charge on any atom is 0.0911 e. The fraction of sp³-hybridized carbons (Fsp3) is 1.00. The number of hydrogen-bond donors (Lipinski definition) is 2. The predicted octanol–water partition coefficient (Wildman–Crippen LogP) is 0.901. The summed E-state index contributed by atoms with van der Waals surface area (Å²) in [6, 6.07) is 0. The first kappa shape index (κ1) is 11.0. The number of aliphatic hydroxyl groups is 1. The summed E-state index contributed by atoms with van der Waals surface area (Å²) in [7, 11) is 1.65. The third-order valence-electron chi connectivity index (χ3n) is 3.63. The maximum atomic E-state index is 10.2. The molecule has 78 valence electrons. The minimum absolute atomic E-state index is 0.0548. The number of hydrogen-bond acceptors (Lipinski definition) is 3. The van der Waals surface area contributed by atoms with Crippen molar-refractivity contribution < 1.29 is 9.84 Å². The molecule has 3 N–H and O–H groups in total. The first-order valence-electron chi connectivity index (χ1n) is 4.98. The van der Waals surface area contributed by atoms with Gasteiger partial charge in [-0.05, 0) is 26.2 Å². The van der Waals surface area contributed by atoms with Gasteiger partial charge in [0.25, 0.3) is 0 Å². The van der Waals surface area contributed by atoms with Crippen LogP contribution >= 0.6 is 0 Å². The first-order valence-corrected chi connectivity index (χ1v) is 4.98. The second-order valence-electron chi connectivity index (χ2n) is 4.34. The van der Waals surface area contributed by atoms with Crippen molar-refractivity contribution in [3.63, 3.8) is 0 Å². The number of rotatable bonds is 5. The lowest BCUT2D eigenvalue weighted by atomic mass is 9.84. The van der Waals surface area contributed by atoms with Gasteiger partial charge in [0.05, 0.1) is 11.7 Å². The Balaban J connectivity index is 2.69. The lowest BCUT2D eigenvalue weighted by Crippen LogP contribution is -2.48. The standard InChI is InChI=1S/C10H21NO2/c1-4-9(2,13-3)8(12)10(7-11)5-6-10/h8,12H,4-7,11H2,1-3H3. The molecule has 3 heteroatoms. The summed E-state index contributed by atoms with van der Waals surface area (Å²) in [5.41, 5.74) is 5.17. The van der Waals surface area contributed by atoms with Crippen molar-refractivity contribution >= 4 is 0 Å². The Kier molecular flexibility index (Phi) is 3.00. The van der Waals surface area contributed by atoms with Crippen molar-refractivity contribution in [1.29, 1.82) is 0 Å². The third kappa shape index (κ3) is 1.73. The highest BCUT2D eigenvalue weighted by molar-refractivity contribution is 5.06. The van der Waals surface area contributed by atoms with E-state index in [1.807, 2.05) is 13.8 Å². The smallest absolute Gasteiger partial charge is 0.0911 e. The molecule has 1 aliphatic carbocycles. The summed E-state index contributed by atoms with van der Waals surface area (Å²) in [4.78, 5) is 0. The molecule has 0 amide bonds. The van der Waals surface area contributed by atoms with E-state index in [4.69, 9.17) is 10.5 Å². The molecule has 0 heterocycles. The Morgan fingerprint density at radius 1 is 1.62 bits per heavy atom. The van der Waals surface area contributed by atoms with Crippen molar-refractivity contribution in [2.75, 3.05) is 13.7 Å². The fourth-order valence-corrected chi connectivity index (χ4v) is 1.85. The molecular formula is C10H21NO2. The lowest BCUT2D eigenvalue weighted by molar-refractivity contribution is -0.119. The summed E-state index contributed by atoms with van der Waals surface area (Å²) in [5, 5.41) is 10.2. The Bertz CT molecular complexity index is 174. The van der Waals surface area contributed by atoms with Crippen molar-refractivity contribution in [3.05, 3.63) is 0 Å². The second kappa shape index (κ2) is 3.56. The molecule has 0 aliphatic heterocycles. The van der Waals surface area contributed by atoms with Crippen LogP contribution in [-0.2, 0) is 4.74 Å². The zero-order valence-corrected chi connectivity index (χ0v) is 8.84. The number of nitrogens with two attached hydrogens (primary N) is 1. The molecule has 1 fully saturated rings. The molecule has 2 atom stereocenters.